The van der Waals surface area contributed by atoms with E-state index in [9.17, 15) is 8.42 Å². The summed E-state index contributed by atoms with van der Waals surface area (Å²) in [5.74, 6) is 0. The first-order chi connectivity index (χ1) is 9.98. The Balaban J connectivity index is 1.86. The molecule has 2 atom stereocenters. The molecule has 1 aromatic heterocycles. The van der Waals surface area contributed by atoms with Crippen LogP contribution in [-0.4, -0.2) is 48.8 Å². The Bertz CT molecular complexity index is 613. The van der Waals surface area contributed by atoms with Crippen LogP contribution in [0, 0.1) is 5.41 Å². The van der Waals surface area contributed by atoms with Crippen LogP contribution in [-0.2, 0) is 21.8 Å². The lowest BCUT2D eigenvalue weighted by atomic mass is 9.77. The second-order valence-corrected chi connectivity index (χ2v) is 8.21. The Morgan fingerprint density at radius 3 is 2.81 bits per heavy atom. The summed E-state index contributed by atoms with van der Waals surface area (Å²) >= 11 is 0. The summed E-state index contributed by atoms with van der Waals surface area (Å²) in [7, 11) is 0.0313. The molecule has 1 spiro atoms. The number of hydrogen-bond acceptors (Lipinski definition) is 4. The van der Waals surface area contributed by atoms with Gasteiger partial charge < -0.3 is 4.74 Å². The highest BCUT2D eigenvalue weighted by molar-refractivity contribution is 7.89. The zero-order chi connectivity index (χ0) is 15.1. The molecule has 1 saturated carbocycles. The van der Waals surface area contributed by atoms with E-state index in [-0.39, 0.29) is 16.4 Å². The van der Waals surface area contributed by atoms with Crippen LogP contribution in [0.15, 0.2) is 17.3 Å². The van der Waals surface area contributed by atoms with Gasteiger partial charge in [-0.3, -0.25) is 4.68 Å². The summed E-state index contributed by atoms with van der Waals surface area (Å²) in [5, 5.41) is 3.98. The first-order valence-electron chi connectivity index (χ1n) is 7.49. The van der Waals surface area contributed by atoms with Crippen molar-refractivity contribution in [1.82, 2.24) is 14.1 Å². The molecule has 21 heavy (non-hydrogen) atoms. The summed E-state index contributed by atoms with van der Waals surface area (Å²) in [6.45, 7) is 1.16. The first kappa shape index (κ1) is 15.0. The molecule has 0 radical (unpaired) electrons. The fourth-order valence-corrected chi connectivity index (χ4v) is 5.51. The van der Waals surface area contributed by atoms with Gasteiger partial charge in [-0.1, -0.05) is 6.42 Å². The van der Waals surface area contributed by atoms with Crippen molar-refractivity contribution >= 4 is 10.0 Å². The maximum absolute atomic E-state index is 12.8. The zero-order valence-electron chi connectivity index (χ0n) is 12.7. The summed E-state index contributed by atoms with van der Waals surface area (Å²) in [5.41, 5.74) is 0.00226. The number of methoxy groups -OCH3 is 1. The van der Waals surface area contributed by atoms with Crippen molar-refractivity contribution < 1.29 is 13.2 Å². The van der Waals surface area contributed by atoms with Crippen LogP contribution >= 0.6 is 0 Å². The van der Waals surface area contributed by atoms with Gasteiger partial charge in [-0.15, -0.1) is 0 Å². The van der Waals surface area contributed by atoms with E-state index in [0.29, 0.717) is 13.1 Å². The van der Waals surface area contributed by atoms with E-state index in [1.54, 1.807) is 24.7 Å². The highest BCUT2D eigenvalue weighted by Gasteiger charge is 2.48. The van der Waals surface area contributed by atoms with Gasteiger partial charge in [-0.05, 0) is 25.7 Å². The van der Waals surface area contributed by atoms with Crippen LogP contribution < -0.4 is 0 Å². The zero-order valence-corrected chi connectivity index (χ0v) is 13.5. The van der Waals surface area contributed by atoms with Crippen molar-refractivity contribution in [3.8, 4) is 0 Å². The maximum atomic E-state index is 12.8. The molecule has 0 aromatic carbocycles. The number of sulfonamides is 1. The van der Waals surface area contributed by atoms with Gasteiger partial charge >= 0.3 is 0 Å². The van der Waals surface area contributed by atoms with Gasteiger partial charge in [-0.2, -0.15) is 9.40 Å². The summed E-state index contributed by atoms with van der Waals surface area (Å²) < 4.78 is 34.3. The number of aromatic nitrogens is 2. The van der Waals surface area contributed by atoms with Gasteiger partial charge in [0.2, 0.25) is 10.0 Å². The highest BCUT2D eigenvalue weighted by Crippen LogP contribution is 2.47. The average molecular weight is 313 g/mol. The number of nitrogens with zero attached hydrogens (tertiary/aromatic N) is 3. The molecule has 1 aliphatic heterocycles. The van der Waals surface area contributed by atoms with Gasteiger partial charge in [0.25, 0.3) is 0 Å². The maximum Gasteiger partial charge on any atom is 0.246 e. The molecule has 6 nitrogen and oxygen atoms in total. The van der Waals surface area contributed by atoms with Crippen molar-refractivity contribution in [2.75, 3.05) is 20.2 Å². The number of aryl methyl sites for hydroxylation is 1. The summed E-state index contributed by atoms with van der Waals surface area (Å²) in [6, 6.07) is 0. The molecule has 2 fully saturated rings. The SMILES string of the molecule is CO[C@@H]1CCC[C@@]12CCCN(S(=O)(=O)c1cnn(C)c1)C2. The Morgan fingerprint density at radius 2 is 2.14 bits per heavy atom. The predicted octanol–water partition coefficient (Wildman–Crippen LogP) is 1.39. The third kappa shape index (κ3) is 2.51. The smallest absolute Gasteiger partial charge is 0.246 e. The molecule has 0 bridgehead atoms. The normalized spacial score (nSPS) is 31.0. The fourth-order valence-electron chi connectivity index (χ4n) is 3.94. The molecular formula is C14H23N3O3S. The Labute approximate surface area is 126 Å². The van der Waals surface area contributed by atoms with Crippen LogP contribution in [0.5, 0.6) is 0 Å². The molecule has 2 aliphatic rings. The molecule has 118 valence electrons. The number of hydrogen-bond donors (Lipinski definition) is 0. The number of rotatable bonds is 3. The largest absolute Gasteiger partial charge is 0.381 e. The van der Waals surface area contributed by atoms with E-state index < -0.39 is 10.0 Å². The second kappa shape index (κ2) is 5.37. The molecule has 0 N–H and O–H groups in total. The quantitative estimate of drug-likeness (QED) is 0.846. The molecule has 0 unspecified atom stereocenters. The van der Waals surface area contributed by atoms with E-state index in [0.717, 1.165) is 32.1 Å². The van der Waals surface area contributed by atoms with Crippen molar-refractivity contribution in [2.24, 2.45) is 12.5 Å². The Hall–Kier alpha value is -0.920. The van der Waals surface area contributed by atoms with E-state index in [2.05, 4.69) is 5.10 Å². The van der Waals surface area contributed by atoms with Crippen LogP contribution in [0.4, 0.5) is 0 Å². The van der Waals surface area contributed by atoms with Crippen LogP contribution in [0.1, 0.15) is 32.1 Å². The third-order valence-corrected chi connectivity index (χ3v) is 6.80. The minimum Gasteiger partial charge on any atom is -0.381 e. The van der Waals surface area contributed by atoms with Crippen molar-refractivity contribution in [2.45, 2.75) is 43.1 Å². The number of piperidine rings is 1. The van der Waals surface area contributed by atoms with Gasteiger partial charge in [0.1, 0.15) is 4.90 Å². The molecule has 2 heterocycles. The Morgan fingerprint density at radius 1 is 1.38 bits per heavy atom. The fraction of sp³-hybridized carbons (Fsp3) is 0.786. The minimum atomic E-state index is -3.44. The Kier molecular flexibility index (Phi) is 3.83. The lowest BCUT2D eigenvalue weighted by Crippen LogP contribution is -2.49. The molecule has 1 saturated heterocycles. The van der Waals surface area contributed by atoms with Crippen molar-refractivity contribution in [3.63, 3.8) is 0 Å². The van der Waals surface area contributed by atoms with E-state index in [1.807, 2.05) is 0 Å². The van der Waals surface area contributed by atoms with E-state index in [4.69, 9.17) is 4.74 Å². The van der Waals surface area contributed by atoms with Crippen LogP contribution in [0.25, 0.3) is 0 Å². The van der Waals surface area contributed by atoms with Gasteiger partial charge in [-0.25, -0.2) is 8.42 Å². The average Bonchev–Trinajstić information content (AvgIpc) is 3.06. The number of ether oxygens (including phenoxy) is 1. The lowest BCUT2D eigenvalue weighted by Gasteiger charge is -2.42. The summed E-state index contributed by atoms with van der Waals surface area (Å²) in [6.07, 6.45) is 8.37. The van der Waals surface area contributed by atoms with Gasteiger partial charge in [0.15, 0.2) is 0 Å². The molecule has 3 rings (SSSR count). The predicted molar refractivity (Wildman–Crippen MR) is 78.3 cm³/mol. The van der Waals surface area contributed by atoms with Gasteiger partial charge in [0.05, 0.1) is 12.3 Å². The molecule has 7 heteroatoms. The van der Waals surface area contributed by atoms with E-state index >= 15 is 0 Å². The topological polar surface area (TPSA) is 64.4 Å². The minimum absolute atomic E-state index is 0.00226. The van der Waals surface area contributed by atoms with Crippen LogP contribution in [0.3, 0.4) is 0 Å². The summed E-state index contributed by atoms with van der Waals surface area (Å²) in [4.78, 5) is 0.286. The molecule has 0 amide bonds. The monoisotopic (exact) mass is 313 g/mol. The molecule has 1 aromatic rings. The first-order valence-corrected chi connectivity index (χ1v) is 8.94. The van der Waals surface area contributed by atoms with Crippen molar-refractivity contribution in [3.05, 3.63) is 12.4 Å². The van der Waals surface area contributed by atoms with Crippen LogP contribution in [0.2, 0.25) is 0 Å². The molecular weight excluding hydrogens is 290 g/mol. The molecule has 1 aliphatic carbocycles. The van der Waals surface area contributed by atoms with Gasteiger partial charge in [0, 0.05) is 38.9 Å². The second-order valence-electron chi connectivity index (χ2n) is 6.27. The van der Waals surface area contributed by atoms with E-state index in [1.165, 1.54) is 10.9 Å². The lowest BCUT2D eigenvalue weighted by molar-refractivity contribution is -0.0184. The highest BCUT2D eigenvalue weighted by atomic mass is 32.2. The van der Waals surface area contributed by atoms with Crippen molar-refractivity contribution in [1.29, 1.82) is 0 Å². The standard InChI is InChI=1S/C14H23N3O3S/c1-16-10-12(9-15-16)21(18,19)17-8-4-7-14(11-17)6-3-5-13(14)20-2/h9-10,13H,3-8,11H2,1-2H3/t13-,14+/m1/s1. The third-order valence-electron chi connectivity index (χ3n) is 5.00.